The molecule has 21 heavy (non-hydrogen) atoms. The van der Waals surface area contributed by atoms with Crippen molar-refractivity contribution < 1.29 is 9.90 Å². The zero-order valence-electron chi connectivity index (χ0n) is 11.9. The molecule has 3 rings (SSSR count). The minimum Gasteiger partial charge on any atom is -0.478 e. The van der Waals surface area contributed by atoms with Crippen LogP contribution in [-0.4, -0.2) is 15.6 Å². The van der Waals surface area contributed by atoms with Gasteiger partial charge in [0, 0.05) is 23.6 Å². The highest BCUT2D eigenvalue weighted by Crippen LogP contribution is 2.21. The van der Waals surface area contributed by atoms with Gasteiger partial charge < -0.3 is 9.67 Å². The molecule has 1 aromatic heterocycles. The van der Waals surface area contributed by atoms with E-state index < -0.39 is 5.97 Å². The second kappa shape index (κ2) is 5.44. The van der Waals surface area contributed by atoms with E-state index in [4.69, 9.17) is 0 Å². The topological polar surface area (TPSA) is 42.2 Å². The molecule has 0 aliphatic carbocycles. The summed E-state index contributed by atoms with van der Waals surface area (Å²) < 4.78 is 2.09. The molecule has 0 bridgehead atoms. The molecule has 2 aromatic carbocycles. The number of aromatic carboxylic acids is 1. The summed E-state index contributed by atoms with van der Waals surface area (Å²) in [7, 11) is 0. The highest BCUT2D eigenvalue weighted by atomic mass is 16.4. The van der Waals surface area contributed by atoms with Crippen LogP contribution in [0.5, 0.6) is 0 Å². The fraction of sp³-hybridized carbons (Fsp3) is 0.167. The lowest BCUT2D eigenvalue weighted by molar-refractivity contribution is 0.0699. The first kappa shape index (κ1) is 13.4. The highest BCUT2D eigenvalue weighted by Gasteiger charge is 2.10. The maximum absolute atomic E-state index is 11.2. The molecule has 0 saturated carbocycles. The predicted molar refractivity (Wildman–Crippen MR) is 83.8 cm³/mol. The lowest BCUT2D eigenvalue weighted by atomic mass is 10.1. The number of benzene rings is 2. The SMILES string of the molecule is CCc1ccc(Cn2ccc3c(C(=O)O)cccc32)cc1. The quantitative estimate of drug-likeness (QED) is 0.785. The number of nitrogens with zero attached hydrogens (tertiary/aromatic N) is 1. The van der Waals surface area contributed by atoms with Crippen molar-refractivity contribution >= 4 is 16.9 Å². The second-order valence-electron chi connectivity index (χ2n) is 5.16. The summed E-state index contributed by atoms with van der Waals surface area (Å²) in [5.74, 6) is -0.884. The first-order chi connectivity index (χ1) is 10.2. The second-order valence-corrected chi connectivity index (χ2v) is 5.16. The summed E-state index contributed by atoms with van der Waals surface area (Å²) in [6.45, 7) is 2.89. The molecule has 1 heterocycles. The van der Waals surface area contributed by atoms with Crippen molar-refractivity contribution in [2.45, 2.75) is 19.9 Å². The largest absolute Gasteiger partial charge is 0.478 e. The van der Waals surface area contributed by atoms with Gasteiger partial charge in [0.2, 0.25) is 0 Å². The highest BCUT2D eigenvalue weighted by molar-refractivity contribution is 6.02. The molecular weight excluding hydrogens is 262 g/mol. The van der Waals surface area contributed by atoms with Crippen molar-refractivity contribution in [2.75, 3.05) is 0 Å². The molecule has 0 radical (unpaired) electrons. The van der Waals surface area contributed by atoms with E-state index in [2.05, 4.69) is 35.8 Å². The molecule has 0 spiro atoms. The zero-order valence-corrected chi connectivity index (χ0v) is 11.9. The monoisotopic (exact) mass is 279 g/mol. The van der Waals surface area contributed by atoms with Crippen LogP contribution in [0.2, 0.25) is 0 Å². The van der Waals surface area contributed by atoms with E-state index in [9.17, 15) is 9.90 Å². The van der Waals surface area contributed by atoms with E-state index >= 15 is 0 Å². The Labute approximate surface area is 123 Å². The molecule has 0 fully saturated rings. The molecule has 0 amide bonds. The van der Waals surface area contributed by atoms with Gasteiger partial charge in [0.05, 0.1) is 5.56 Å². The van der Waals surface area contributed by atoms with Crippen LogP contribution in [0, 0.1) is 0 Å². The van der Waals surface area contributed by atoms with Crippen LogP contribution < -0.4 is 0 Å². The third-order valence-electron chi connectivity index (χ3n) is 3.83. The fourth-order valence-electron chi connectivity index (χ4n) is 2.62. The minimum atomic E-state index is -0.884. The van der Waals surface area contributed by atoms with Gasteiger partial charge >= 0.3 is 5.97 Å². The lowest BCUT2D eigenvalue weighted by Gasteiger charge is -2.07. The number of hydrogen-bond acceptors (Lipinski definition) is 1. The summed E-state index contributed by atoms with van der Waals surface area (Å²) in [6.07, 6.45) is 2.99. The number of carbonyl (C=O) groups is 1. The number of fused-ring (bicyclic) bond motifs is 1. The smallest absolute Gasteiger partial charge is 0.336 e. The number of hydrogen-bond donors (Lipinski definition) is 1. The van der Waals surface area contributed by atoms with Crippen molar-refractivity contribution in [1.82, 2.24) is 4.57 Å². The Balaban J connectivity index is 1.97. The van der Waals surface area contributed by atoms with Gasteiger partial charge in [0.25, 0.3) is 0 Å². The molecule has 106 valence electrons. The Morgan fingerprint density at radius 1 is 1.05 bits per heavy atom. The van der Waals surface area contributed by atoms with Gasteiger partial charge in [-0.15, -0.1) is 0 Å². The normalized spacial score (nSPS) is 10.9. The molecule has 3 aromatic rings. The Kier molecular flexibility index (Phi) is 3.48. The average Bonchev–Trinajstić information content (AvgIpc) is 2.91. The third kappa shape index (κ3) is 2.55. The number of aromatic nitrogens is 1. The molecular formula is C18H17NO2. The fourth-order valence-corrected chi connectivity index (χ4v) is 2.62. The summed E-state index contributed by atoms with van der Waals surface area (Å²) in [6, 6.07) is 15.8. The van der Waals surface area contributed by atoms with E-state index in [1.165, 1.54) is 11.1 Å². The van der Waals surface area contributed by atoms with Crippen molar-refractivity contribution in [3.8, 4) is 0 Å². The molecule has 3 nitrogen and oxygen atoms in total. The molecule has 0 aliphatic rings. The van der Waals surface area contributed by atoms with Crippen molar-refractivity contribution in [3.05, 3.63) is 71.4 Å². The van der Waals surface area contributed by atoms with E-state index in [0.717, 1.165) is 23.9 Å². The van der Waals surface area contributed by atoms with Crippen molar-refractivity contribution in [3.63, 3.8) is 0 Å². The first-order valence-corrected chi connectivity index (χ1v) is 7.08. The van der Waals surface area contributed by atoms with E-state index in [1.54, 1.807) is 12.1 Å². The van der Waals surface area contributed by atoms with Gasteiger partial charge in [0.1, 0.15) is 0 Å². The van der Waals surface area contributed by atoms with Gasteiger partial charge in [0.15, 0.2) is 0 Å². The van der Waals surface area contributed by atoms with Gasteiger partial charge in [-0.3, -0.25) is 0 Å². The molecule has 0 atom stereocenters. The van der Waals surface area contributed by atoms with Gasteiger partial charge in [-0.25, -0.2) is 4.79 Å². The minimum absolute atomic E-state index is 0.354. The maximum Gasteiger partial charge on any atom is 0.336 e. The molecule has 3 heteroatoms. The Morgan fingerprint density at radius 2 is 1.76 bits per heavy atom. The zero-order chi connectivity index (χ0) is 14.8. The molecule has 0 aliphatic heterocycles. The number of rotatable bonds is 4. The standard InChI is InChI=1S/C18H17NO2/c1-2-13-6-8-14(9-7-13)12-19-11-10-15-16(18(20)21)4-3-5-17(15)19/h3-11H,2,12H2,1H3,(H,20,21). The Morgan fingerprint density at radius 3 is 2.43 bits per heavy atom. The number of carboxylic acid groups (broad SMARTS) is 1. The van der Waals surface area contributed by atoms with Crippen LogP contribution >= 0.6 is 0 Å². The van der Waals surface area contributed by atoms with Crippen LogP contribution in [0.3, 0.4) is 0 Å². The van der Waals surface area contributed by atoms with Gasteiger partial charge in [-0.05, 0) is 35.7 Å². The lowest BCUT2D eigenvalue weighted by Crippen LogP contribution is -2.00. The van der Waals surface area contributed by atoms with Crippen molar-refractivity contribution in [2.24, 2.45) is 0 Å². The number of aryl methyl sites for hydroxylation is 1. The van der Waals surface area contributed by atoms with Gasteiger partial charge in [-0.1, -0.05) is 37.3 Å². The molecule has 1 N–H and O–H groups in total. The summed E-state index contributed by atoms with van der Waals surface area (Å²) in [5, 5.41) is 10.0. The Bertz CT molecular complexity index is 785. The van der Waals surface area contributed by atoms with Gasteiger partial charge in [-0.2, -0.15) is 0 Å². The predicted octanol–water partition coefficient (Wildman–Crippen LogP) is 3.95. The van der Waals surface area contributed by atoms with Crippen LogP contribution in [0.15, 0.2) is 54.7 Å². The van der Waals surface area contributed by atoms with Crippen LogP contribution in [0.4, 0.5) is 0 Å². The summed E-state index contributed by atoms with van der Waals surface area (Å²) in [5.41, 5.74) is 3.84. The number of carboxylic acids is 1. The van der Waals surface area contributed by atoms with Crippen molar-refractivity contribution in [1.29, 1.82) is 0 Å². The molecule has 0 unspecified atom stereocenters. The maximum atomic E-state index is 11.2. The summed E-state index contributed by atoms with van der Waals surface area (Å²) in [4.78, 5) is 11.2. The van der Waals surface area contributed by atoms with Crippen LogP contribution in [0.1, 0.15) is 28.4 Å². The van der Waals surface area contributed by atoms with E-state index in [1.807, 2.05) is 18.3 Å². The van der Waals surface area contributed by atoms with Crippen LogP contribution in [-0.2, 0) is 13.0 Å². The van der Waals surface area contributed by atoms with E-state index in [-0.39, 0.29) is 0 Å². The average molecular weight is 279 g/mol. The van der Waals surface area contributed by atoms with Crippen LogP contribution in [0.25, 0.3) is 10.9 Å². The first-order valence-electron chi connectivity index (χ1n) is 7.08. The third-order valence-corrected chi connectivity index (χ3v) is 3.83. The summed E-state index contributed by atoms with van der Waals surface area (Å²) >= 11 is 0. The van der Waals surface area contributed by atoms with E-state index in [0.29, 0.717) is 5.56 Å². The Hall–Kier alpha value is -2.55. The molecule has 0 saturated heterocycles.